The van der Waals surface area contributed by atoms with Crippen LogP contribution in [0.25, 0.3) is 0 Å². The number of hydrogen-bond donors (Lipinski definition) is 3. The summed E-state index contributed by atoms with van der Waals surface area (Å²) < 4.78 is 13.0. The highest BCUT2D eigenvalue weighted by atomic mass is 31.2. The van der Waals surface area contributed by atoms with E-state index in [-0.39, 0.29) is 0 Å². The molecule has 0 saturated heterocycles. The molecule has 0 saturated carbocycles. The molecule has 0 heterocycles. The minimum atomic E-state index is -5.08. The smallest absolute Gasteiger partial charge is 0.343 e. The molecule has 27 heavy (non-hydrogen) atoms. The Hall–Kier alpha value is -3.63. The van der Waals surface area contributed by atoms with E-state index < -0.39 is 62.3 Å². The molecule has 0 aliphatic carbocycles. The summed E-state index contributed by atoms with van der Waals surface area (Å²) in [5, 5.41) is 38.8. The van der Waals surface area contributed by atoms with E-state index in [2.05, 4.69) is 0 Å². The second kappa shape index (κ2) is 6.94. The number of nitrogens with zero attached hydrogens (tertiary/aromatic N) is 2. The van der Waals surface area contributed by atoms with Crippen molar-refractivity contribution < 1.29 is 39.1 Å². The molecule has 0 atom stereocenters. The molecule has 3 N–H and O–H groups in total. The molecule has 13 heteroatoms. The van der Waals surface area contributed by atoms with Crippen molar-refractivity contribution in [1.29, 1.82) is 0 Å². The van der Waals surface area contributed by atoms with Gasteiger partial charge in [-0.2, -0.15) is 0 Å². The van der Waals surface area contributed by atoms with Crippen molar-refractivity contribution in [3.63, 3.8) is 0 Å². The molecule has 0 amide bonds. The lowest BCUT2D eigenvalue weighted by Gasteiger charge is -2.16. The van der Waals surface area contributed by atoms with E-state index in [4.69, 9.17) is 0 Å². The van der Waals surface area contributed by atoms with Crippen LogP contribution in [0.5, 0.6) is 0 Å². The van der Waals surface area contributed by atoms with Gasteiger partial charge in [-0.15, -0.1) is 0 Å². The van der Waals surface area contributed by atoms with Crippen LogP contribution in [0.3, 0.4) is 0 Å². The number of benzene rings is 2. The van der Waals surface area contributed by atoms with E-state index in [9.17, 15) is 49.5 Å². The third-order valence-electron chi connectivity index (χ3n) is 3.52. The normalized spacial score (nSPS) is 11.0. The monoisotopic (exact) mass is 396 g/mol. The molecule has 0 unspecified atom stereocenters. The van der Waals surface area contributed by atoms with Gasteiger partial charge >= 0.3 is 11.9 Å². The van der Waals surface area contributed by atoms with Crippen LogP contribution in [0, 0.1) is 20.2 Å². The minimum Gasteiger partial charge on any atom is -0.477 e. The molecule has 0 aromatic heterocycles. The number of nitro benzene ring substituents is 2. The third kappa shape index (κ3) is 3.38. The van der Waals surface area contributed by atoms with Gasteiger partial charge in [-0.1, -0.05) is 12.1 Å². The molecule has 2 rings (SSSR count). The van der Waals surface area contributed by atoms with Crippen LogP contribution in [0.2, 0.25) is 0 Å². The first-order valence-corrected chi connectivity index (χ1v) is 8.51. The summed E-state index contributed by atoms with van der Waals surface area (Å²) >= 11 is 0. The highest BCUT2D eigenvalue weighted by molar-refractivity contribution is 7.73. The Balaban J connectivity index is 2.92. The van der Waals surface area contributed by atoms with Crippen LogP contribution in [0.1, 0.15) is 20.7 Å². The Bertz CT molecular complexity index is 969. The lowest BCUT2D eigenvalue weighted by atomic mass is 10.2. The molecule has 2 aromatic carbocycles. The SMILES string of the molecule is O=C(O)c1c([N+](=O)[O-])cccc1P(=O)(O)c1cccc([N+](=O)[O-])c1C(=O)O. The highest BCUT2D eigenvalue weighted by Gasteiger charge is 2.39. The van der Waals surface area contributed by atoms with Gasteiger partial charge in [-0.25, -0.2) is 9.59 Å². The van der Waals surface area contributed by atoms with Crippen LogP contribution < -0.4 is 10.6 Å². The molecular formula is C14H9N2O10P. The molecule has 0 bridgehead atoms. The zero-order chi connectivity index (χ0) is 20.5. The van der Waals surface area contributed by atoms with Crippen molar-refractivity contribution in [3.8, 4) is 0 Å². The Morgan fingerprint density at radius 3 is 1.41 bits per heavy atom. The fourth-order valence-corrected chi connectivity index (χ4v) is 4.30. The van der Waals surface area contributed by atoms with Crippen molar-refractivity contribution in [2.24, 2.45) is 0 Å². The maximum absolute atomic E-state index is 13.0. The molecule has 0 spiro atoms. The maximum atomic E-state index is 13.0. The van der Waals surface area contributed by atoms with Gasteiger partial charge in [0.1, 0.15) is 0 Å². The molecule has 0 radical (unpaired) electrons. The van der Waals surface area contributed by atoms with Gasteiger partial charge in [0, 0.05) is 12.1 Å². The average molecular weight is 396 g/mol. The quantitative estimate of drug-likeness (QED) is 0.361. The summed E-state index contributed by atoms with van der Waals surface area (Å²) in [7, 11) is -5.08. The van der Waals surface area contributed by atoms with Crippen LogP contribution in [0.15, 0.2) is 36.4 Å². The summed E-state index contributed by atoms with van der Waals surface area (Å²) in [5.74, 6) is -3.79. The number of carbonyl (C=O) groups is 2. The van der Waals surface area contributed by atoms with Crippen molar-refractivity contribution in [2.45, 2.75) is 0 Å². The Morgan fingerprint density at radius 1 is 0.815 bits per heavy atom. The molecule has 0 aliphatic rings. The number of carboxylic acids is 2. The standard InChI is InChI=1S/C14H9N2O10P/c17-13(18)11-7(15(21)22)3-1-5-9(11)27(25,26)10-6-2-4-8(16(23)24)12(10)14(19)20/h1-6H,(H,17,18)(H,19,20)(H,25,26). The summed E-state index contributed by atoms with van der Waals surface area (Å²) in [5.41, 5.74) is -4.21. The van der Waals surface area contributed by atoms with Crippen LogP contribution in [-0.2, 0) is 4.57 Å². The summed E-state index contributed by atoms with van der Waals surface area (Å²) in [4.78, 5) is 53.4. The molecule has 140 valence electrons. The van der Waals surface area contributed by atoms with Crippen molar-refractivity contribution in [2.75, 3.05) is 0 Å². The van der Waals surface area contributed by atoms with E-state index >= 15 is 0 Å². The second-order valence-electron chi connectivity index (χ2n) is 5.04. The minimum absolute atomic E-state index is 0.790. The van der Waals surface area contributed by atoms with E-state index in [1.54, 1.807) is 0 Å². The molecule has 12 nitrogen and oxygen atoms in total. The van der Waals surface area contributed by atoms with E-state index in [1.165, 1.54) is 0 Å². The lowest BCUT2D eigenvalue weighted by molar-refractivity contribution is -0.385. The van der Waals surface area contributed by atoms with Gasteiger partial charge in [-0.3, -0.25) is 24.8 Å². The second-order valence-corrected chi connectivity index (χ2v) is 7.16. The number of nitro groups is 2. The molecular weight excluding hydrogens is 387 g/mol. The predicted octanol–water partition coefficient (Wildman–Crippen LogP) is 1.12. The maximum Gasteiger partial charge on any atom is 0.343 e. The zero-order valence-electron chi connectivity index (χ0n) is 13.0. The number of carboxylic acid groups (broad SMARTS) is 2. The third-order valence-corrected chi connectivity index (χ3v) is 5.57. The predicted molar refractivity (Wildman–Crippen MR) is 89.2 cm³/mol. The Kier molecular flexibility index (Phi) is 5.06. The van der Waals surface area contributed by atoms with E-state index in [1.807, 2.05) is 0 Å². The van der Waals surface area contributed by atoms with Crippen LogP contribution >= 0.6 is 7.37 Å². The summed E-state index contributed by atoms with van der Waals surface area (Å²) in [6, 6.07) is 5.08. The van der Waals surface area contributed by atoms with Gasteiger partial charge in [0.2, 0.25) is 0 Å². The highest BCUT2D eigenvalue weighted by Crippen LogP contribution is 2.43. The topological polar surface area (TPSA) is 198 Å². The van der Waals surface area contributed by atoms with Crippen molar-refractivity contribution in [1.82, 2.24) is 0 Å². The first kappa shape index (κ1) is 19.7. The molecule has 0 fully saturated rings. The van der Waals surface area contributed by atoms with Crippen LogP contribution in [-0.4, -0.2) is 36.9 Å². The van der Waals surface area contributed by atoms with Gasteiger partial charge < -0.3 is 15.1 Å². The average Bonchev–Trinajstić information content (AvgIpc) is 2.59. The Labute approximate surface area is 149 Å². The van der Waals surface area contributed by atoms with Crippen molar-refractivity contribution in [3.05, 3.63) is 67.8 Å². The lowest BCUT2D eigenvalue weighted by Crippen LogP contribution is -2.27. The summed E-state index contributed by atoms with van der Waals surface area (Å²) in [6.45, 7) is 0. The van der Waals surface area contributed by atoms with E-state index in [0.29, 0.717) is 0 Å². The molecule has 2 aromatic rings. The first-order valence-electron chi connectivity index (χ1n) is 6.85. The summed E-state index contributed by atoms with van der Waals surface area (Å²) in [6.07, 6.45) is 0. The first-order chi connectivity index (χ1) is 12.5. The fourth-order valence-electron chi connectivity index (χ4n) is 2.43. The number of aromatic carboxylic acids is 2. The van der Waals surface area contributed by atoms with Gasteiger partial charge in [0.15, 0.2) is 11.1 Å². The van der Waals surface area contributed by atoms with Gasteiger partial charge in [0.05, 0.1) is 20.5 Å². The number of rotatable bonds is 6. The molecule has 0 aliphatic heterocycles. The van der Waals surface area contributed by atoms with Gasteiger partial charge in [-0.05, 0) is 12.1 Å². The largest absolute Gasteiger partial charge is 0.477 e. The van der Waals surface area contributed by atoms with Crippen LogP contribution in [0.4, 0.5) is 11.4 Å². The van der Waals surface area contributed by atoms with E-state index in [0.717, 1.165) is 36.4 Å². The number of hydrogen-bond acceptors (Lipinski definition) is 7. The Morgan fingerprint density at radius 2 is 1.15 bits per heavy atom. The van der Waals surface area contributed by atoms with Gasteiger partial charge in [0.25, 0.3) is 18.7 Å². The zero-order valence-corrected chi connectivity index (χ0v) is 13.9. The van der Waals surface area contributed by atoms with Crippen molar-refractivity contribution >= 4 is 41.3 Å². The fraction of sp³-hybridized carbons (Fsp3) is 0.